The molecule has 0 spiro atoms. The molecular formula is C10H16N4. The SMILES string of the molecule is NC1CCN(Cc2ccncn2)CC1. The zero-order valence-electron chi connectivity index (χ0n) is 8.26. The number of aromatic nitrogens is 2. The quantitative estimate of drug-likeness (QED) is 0.737. The molecule has 1 aliphatic rings. The molecule has 4 heteroatoms. The minimum absolute atomic E-state index is 0.400. The van der Waals surface area contributed by atoms with E-state index in [-0.39, 0.29) is 0 Å². The molecule has 1 fully saturated rings. The van der Waals surface area contributed by atoms with Gasteiger partial charge in [0.05, 0.1) is 5.69 Å². The Labute approximate surface area is 84.2 Å². The third-order valence-corrected chi connectivity index (χ3v) is 2.66. The second-order valence-corrected chi connectivity index (χ2v) is 3.81. The molecular weight excluding hydrogens is 176 g/mol. The number of likely N-dealkylation sites (tertiary alicyclic amines) is 1. The van der Waals surface area contributed by atoms with E-state index in [9.17, 15) is 0 Å². The van der Waals surface area contributed by atoms with Gasteiger partial charge in [-0.1, -0.05) is 0 Å². The molecule has 0 atom stereocenters. The first-order valence-corrected chi connectivity index (χ1v) is 5.07. The molecule has 0 radical (unpaired) electrons. The predicted octanol–water partition coefficient (Wildman–Crippen LogP) is 0.400. The second kappa shape index (κ2) is 4.48. The highest BCUT2D eigenvalue weighted by molar-refractivity contribution is 4.97. The zero-order valence-corrected chi connectivity index (χ0v) is 8.26. The maximum absolute atomic E-state index is 5.84. The average molecular weight is 192 g/mol. The topological polar surface area (TPSA) is 55.0 Å². The van der Waals surface area contributed by atoms with Crippen LogP contribution >= 0.6 is 0 Å². The van der Waals surface area contributed by atoms with Crippen LogP contribution in [0.5, 0.6) is 0 Å². The van der Waals surface area contributed by atoms with E-state index in [1.54, 1.807) is 12.5 Å². The van der Waals surface area contributed by atoms with Gasteiger partial charge in [-0.3, -0.25) is 4.90 Å². The molecule has 14 heavy (non-hydrogen) atoms. The van der Waals surface area contributed by atoms with Crippen molar-refractivity contribution in [1.82, 2.24) is 14.9 Å². The third-order valence-electron chi connectivity index (χ3n) is 2.66. The molecule has 0 aliphatic carbocycles. The van der Waals surface area contributed by atoms with Crippen molar-refractivity contribution in [3.05, 3.63) is 24.3 Å². The zero-order chi connectivity index (χ0) is 9.80. The Bertz CT molecular complexity index is 267. The lowest BCUT2D eigenvalue weighted by atomic mass is 10.1. The van der Waals surface area contributed by atoms with E-state index in [0.717, 1.165) is 38.2 Å². The minimum Gasteiger partial charge on any atom is -0.328 e. The lowest BCUT2D eigenvalue weighted by molar-refractivity contribution is 0.203. The number of hydrogen-bond donors (Lipinski definition) is 1. The highest BCUT2D eigenvalue weighted by atomic mass is 15.1. The van der Waals surface area contributed by atoms with Gasteiger partial charge in [0.2, 0.25) is 0 Å². The summed E-state index contributed by atoms with van der Waals surface area (Å²) in [6.07, 6.45) is 5.60. The summed E-state index contributed by atoms with van der Waals surface area (Å²) in [5.74, 6) is 0. The Morgan fingerprint density at radius 3 is 2.86 bits per heavy atom. The normalized spacial score (nSPS) is 19.8. The van der Waals surface area contributed by atoms with Gasteiger partial charge >= 0.3 is 0 Å². The molecule has 4 nitrogen and oxygen atoms in total. The van der Waals surface area contributed by atoms with Gasteiger partial charge in [-0.25, -0.2) is 9.97 Å². The van der Waals surface area contributed by atoms with Crippen LogP contribution < -0.4 is 5.73 Å². The summed E-state index contributed by atoms with van der Waals surface area (Å²) in [6, 6.07) is 2.37. The van der Waals surface area contributed by atoms with Crippen molar-refractivity contribution in [1.29, 1.82) is 0 Å². The Hall–Kier alpha value is -1.00. The van der Waals surface area contributed by atoms with Crippen LogP contribution in [0.15, 0.2) is 18.6 Å². The fraction of sp³-hybridized carbons (Fsp3) is 0.600. The first-order valence-electron chi connectivity index (χ1n) is 5.07. The second-order valence-electron chi connectivity index (χ2n) is 3.81. The van der Waals surface area contributed by atoms with Crippen molar-refractivity contribution >= 4 is 0 Å². The van der Waals surface area contributed by atoms with Crippen molar-refractivity contribution < 1.29 is 0 Å². The molecule has 0 amide bonds. The minimum atomic E-state index is 0.400. The number of piperidine rings is 1. The Kier molecular flexibility index (Phi) is 3.06. The Balaban J connectivity index is 1.87. The summed E-state index contributed by atoms with van der Waals surface area (Å²) in [5, 5.41) is 0. The molecule has 76 valence electrons. The van der Waals surface area contributed by atoms with Crippen LogP contribution in [0.4, 0.5) is 0 Å². The first kappa shape index (κ1) is 9.55. The smallest absolute Gasteiger partial charge is 0.115 e. The summed E-state index contributed by atoms with van der Waals surface area (Å²) in [6.45, 7) is 3.10. The van der Waals surface area contributed by atoms with Crippen molar-refractivity contribution in [2.75, 3.05) is 13.1 Å². The summed E-state index contributed by atoms with van der Waals surface area (Å²) < 4.78 is 0. The summed E-state index contributed by atoms with van der Waals surface area (Å²) in [5.41, 5.74) is 6.93. The molecule has 0 bridgehead atoms. The fourth-order valence-electron chi connectivity index (χ4n) is 1.75. The molecule has 2 N–H and O–H groups in total. The number of nitrogens with zero attached hydrogens (tertiary/aromatic N) is 3. The van der Waals surface area contributed by atoms with Crippen LogP contribution in [-0.4, -0.2) is 34.0 Å². The van der Waals surface area contributed by atoms with Crippen LogP contribution in [0.2, 0.25) is 0 Å². The maximum Gasteiger partial charge on any atom is 0.115 e. The summed E-state index contributed by atoms with van der Waals surface area (Å²) >= 11 is 0. The largest absolute Gasteiger partial charge is 0.328 e. The number of rotatable bonds is 2. The van der Waals surface area contributed by atoms with E-state index in [4.69, 9.17) is 5.73 Å². The third kappa shape index (κ3) is 2.49. The molecule has 1 saturated heterocycles. The number of hydrogen-bond acceptors (Lipinski definition) is 4. The first-order chi connectivity index (χ1) is 6.84. The highest BCUT2D eigenvalue weighted by Crippen LogP contribution is 2.10. The van der Waals surface area contributed by atoms with E-state index in [2.05, 4.69) is 14.9 Å². The summed E-state index contributed by atoms with van der Waals surface area (Å²) in [7, 11) is 0. The van der Waals surface area contributed by atoms with Crippen molar-refractivity contribution in [2.24, 2.45) is 5.73 Å². The monoisotopic (exact) mass is 192 g/mol. The van der Waals surface area contributed by atoms with Crippen LogP contribution in [0.3, 0.4) is 0 Å². The maximum atomic E-state index is 5.84. The van der Waals surface area contributed by atoms with Crippen molar-refractivity contribution in [3.8, 4) is 0 Å². The molecule has 2 rings (SSSR count). The summed E-state index contributed by atoms with van der Waals surface area (Å²) in [4.78, 5) is 10.5. The van der Waals surface area contributed by atoms with E-state index < -0.39 is 0 Å². The fourth-order valence-corrected chi connectivity index (χ4v) is 1.75. The van der Waals surface area contributed by atoms with E-state index >= 15 is 0 Å². The van der Waals surface area contributed by atoms with E-state index in [1.807, 2.05) is 6.07 Å². The van der Waals surface area contributed by atoms with Gasteiger partial charge in [0, 0.05) is 31.9 Å². The Morgan fingerprint density at radius 1 is 1.43 bits per heavy atom. The van der Waals surface area contributed by atoms with Crippen LogP contribution in [0.1, 0.15) is 18.5 Å². The average Bonchev–Trinajstić information content (AvgIpc) is 2.23. The molecule has 0 aromatic carbocycles. The molecule has 1 aliphatic heterocycles. The van der Waals surface area contributed by atoms with Gasteiger partial charge < -0.3 is 5.73 Å². The lowest BCUT2D eigenvalue weighted by Crippen LogP contribution is -2.39. The van der Waals surface area contributed by atoms with Gasteiger partial charge in [-0.15, -0.1) is 0 Å². The van der Waals surface area contributed by atoms with Crippen LogP contribution in [0.25, 0.3) is 0 Å². The highest BCUT2D eigenvalue weighted by Gasteiger charge is 2.15. The van der Waals surface area contributed by atoms with Gasteiger partial charge in [0.15, 0.2) is 0 Å². The molecule has 0 saturated carbocycles. The van der Waals surface area contributed by atoms with Crippen LogP contribution in [-0.2, 0) is 6.54 Å². The van der Waals surface area contributed by atoms with Gasteiger partial charge in [-0.05, 0) is 18.9 Å². The predicted molar refractivity (Wildman–Crippen MR) is 54.5 cm³/mol. The van der Waals surface area contributed by atoms with Crippen LogP contribution in [0, 0.1) is 0 Å². The number of nitrogens with two attached hydrogens (primary N) is 1. The molecule has 1 aromatic heterocycles. The standard InChI is InChI=1S/C10H16N4/c11-9-2-5-14(6-3-9)7-10-1-4-12-8-13-10/h1,4,8-9H,2-3,5-7,11H2. The molecule has 0 unspecified atom stereocenters. The molecule has 1 aromatic rings. The van der Waals surface area contributed by atoms with Gasteiger partial charge in [-0.2, -0.15) is 0 Å². The van der Waals surface area contributed by atoms with E-state index in [0.29, 0.717) is 6.04 Å². The molecule has 2 heterocycles. The lowest BCUT2D eigenvalue weighted by Gasteiger charge is -2.29. The van der Waals surface area contributed by atoms with Gasteiger partial charge in [0.1, 0.15) is 6.33 Å². The van der Waals surface area contributed by atoms with Gasteiger partial charge in [0.25, 0.3) is 0 Å². The van der Waals surface area contributed by atoms with E-state index in [1.165, 1.54) is 0 Å². The Morgan fingerprint density at radius 2 is 2.21 bits per heavy atom. The van der Waals surface area contributed by atoms with Crippen molar-refractivity contribution in [3.63, 3.8) is 0 Å². The van der Waals surface area contributed by atoms with Crippen molar-refractivity contribution in [2.45, 2.75) is 25.4 Å².